The molecule has 42 valence electrons. The van der Waals surface area contributed by atoms with Gasteiger partial charge in [0.2, 0.25) is 0 Å². The molecule has 0 aliphatic heterocycles. The van der Waals surface area contributed by atoms with Gasteiger partial charge in [0.05, 0.1) is 0 Å². The van der Waals surface area contributed by atoms with Gasteiger partial charge in [0, 0.05) is 0 Å². The first kappa shape index (κ1) is 9.06. The van der Waals surface area contributed by atoms with Crippen molar-refractivity contribution in [3.05, 3.63) is 5.92 Å². The van der Waals surface area contributed by atoms with Crippen LogP contribution < -0.4 is 12.4 Å². The van der Waals surface area contributed by atoms with Crippen molar-refractivity contribution in [3.63, 3.8) is 0 Å². The second-order valence-corrected chi connectivity index (χ2v) is 2.56. The van der Waals surface area contributed by atoms with E-state index in [1.807, 2.05) is 5.92 Å². The molecule has 3 fully saturated rings. The monoisotopic (exact) mass is 140 g/mol. The van der Waals surface area contributed by atoms with Gasteiger partial charge in [-0.1, -0.05) is 12.3 Å². The summed E-state index contributed by atoms with van der Waals surface area (Å²) in [6.45, 7) is 0. The maximum atomic E-state index is 1.85. The van der Waals surface area contributed by atoms with Crippen molar-refractivity contribution in [2.24, 2.45) is 5.92 Å². The molecule has 3 rings (SSSR count). The van der Waals surface area contributed by atoms with Crippen LogP contribution in [-0.2, 0) is 0 Å². The second-order valence-electron chi connectivity index (χ2n) is 2.56. The van der Waals surface area contributed by atoms with Gasteiger partial charge in [-0.3, -0.25) is 0 Å². The van der Waals surface area contributed by atoms with Gasteiger partial charge in [0.1, 0.15) is 0 Å². The summed E-state index contributed by atoms with van der Waals surface area (Å²) >= 11 is 0. The van der Waals surface area contributed by atoms with E-state index in [0.717, 1.165) is 5.92 Å². The largest absolute Gasteiger partial charge is 2.00 e. The zero-order chi connectivity index (χ0) is 3.98. The van der Waals surface area contributed by atoms with Gasteiger partial charge in [-0.25, -0.2) is 0 Å². The molecule has 0 unspecified atom stereocenters. The van der Waals surface area contributed by atoms with Crippen molar-refractivity contribution >= 4 is 23.1 Å². The fourth-order valence-corrected chi connectivity index (χ4v) is 1.57. The molecule has 2 heteroatoms. The molecule has 0 atom stereocenters. The summed E-state index contributed by atoms with van der Waals surface area (Å²) in [7, 11) is 0. The molecule has 0 aromatic heterocycles. The minimum absolute atomic E-state index is 0. The third-order valence-electron chi connectivity index (χ3n) is 2.06. The second kappa shape index (κ2) is 3.28. The predicted molar refractivity (Wildman–Crippen MR) is 31.0 cm³/mol. The number of halogens is 1. The van der Waals surface area contributed by atoms with Gasteiger partial charge in [0.15, 0.2) is 0 Å². The Morgan fingerprint density at radius 2 is 1.88 bits per heavy atom. The fraction of sp³-hybridized carbons (Fsp3) is 0.833. The van der Waals surface area contributed by atoms with Crippen LogP contribution in [0.15, 0.2) is 0 Å². The molecule has 0 aromatic carbocycles. The molecule has 0 heterocycles. The molecule has 0 N–H and O–H groups in total. The molecular weight excluding hydrogens is 132 g/mol. The molecule has 3 aliphatic carbocycles. The van der Waals surface area contributed by atoms with E-state index in [2.05, 4.69) is 0 Å². The summed E-state index contributed by atoms with van der Waals surface area (Å²) < 4.78 is 0. The molecule has 3 saturated carbocycles. The van der Waals surface area contributed by atoms with Crippen LogP contribution in [0.5, 0.6) is 0 Å². The van der Waals surface area contributed by atoms with Gasteiger partial charge in [0.25, 0.3) is 0 Å². The molecule has 0 spiro atoms. The van der Waals surface area contributed by atoms with Crippen LogP contribution >= 0.6 is 0 Å². The summed E-state index contributed by atoms with van der Waals surface area (Å²) in [6.07, 6.45) is 6.00. The minimum atomic E-state index is 0. The summed E-state index contributed by atoms with van der Waals surface area (Å²) in [6, 6.07) is 0. The number of hydrogen-bond donors (Lipinski definition) is 0. The smallest absolute Gasteiger partial charge is 1.00 e. The standard InChI is InChI=1S/C6H9.ClH.Mg/c1-2-6-3-5(1)4-6;;/h5H,1-4H2;1H;/q-1;;+2/p-1. The molecule has 0 nitrogen and oxygen atoms in total. The third kappa shape index (κ3) is 1.31. The van der Waals surface area contributed by atoms with Crippen molar-refractivity contribution in [2.75, 3.05) is 0 Å². The van der Waals surface area contributed by atoms with Crippen LogP contribution in [0, 0.1) is 11.8 Å². The average Bonchev–Trinajstić information content (AvgIpc) is 1.72. The zero-order valence-electron chi connectivity index (χ0n) is 4.99. The Balaban J connectivity index is 0.000000245. The van der Waals surface area contributed by atoms with E-state index in [1.54, 1.807) is 0 Å². The van der Waals surface area contributed by atoms with Crippen molar-refractivity contribution in [1.29, 1.82) is 0 Å². The number of hydrogen-bond acceptors (Lipinski definition) is 0. The van der Waals surface area contributed by atoms with E-state index in [4.69, 9.17) is 0 Å². The molecule has 0 aromatic rings. The Kier molecular flexibility index (Phi) is 3.71. The zero-order valence-corrected chi connectivity index (χ0v) is 7.16. The predicted octanol–water partition coefficient (Wildman–Crippen LogP) is -1.61. The van der Waals surface area contributed by atoms with E-state index < -0.39 is 0 Å². The average molecular weight is 141 g/mol. The van der Waals surface area contributed by atoms with Crippen LogP contribution in [0.1, 0.15) is 25.7 Å². The summed E-state index contributed by atoms with van der Waals surface area (Å²) in [5.41, 5.74) is 0. The minimum Gasteiger partial charge on any atom is -1.00 e. The van der Waals surface area contributed by atoms with Gasteiger partial charge in [-0.05, 0) is 0 Å². The Bertz CT molecular complexity index is 55.4. The van der Waals surface area contributed by atoms with E-state index in [9.17, 15) is 0 Å². The van der Waals surface area contributed by atoms with E-state index in [0.29, 0.717) is 0 Å². The van der Waals surface area contributed by atoms with Crippen LogP contribution in [0.4, 0.5) is 0 Å². The molecule has 0 amide bonds. The third-order valence-corrected chi connectivity index (χ3v) is 2.06. The molecule has 3 aliphatic rings. The Labute approximate surface area is 73.0 Å². The van der Waals surface area contributed by atoms with Crippen LogP contribution in [0.2, 0.25) is 0 Å². The van der Waals surface area contributed by atoms with Crippen LogP contribution in [0.3, 0.4) is 0 Å². The first-order chi connectivity index (χ1) is 2.95. The van der Waals surface area contributed by atoms with E-state index >= 15 is 0 Å². The summed E-state index contributed by atoms with van der Waals surface area (Å²) in [4.78, 5) is 0. The number of rotatable bonds is 0. The van der Waals surface area contributed by atoms with Gasteiger partial charge in [-0.15, -0.1) is 0 Å². The first-order valence-corrected chi connectivity index (χ1v) is 2.79. The first-order valence-electron chi connectivity index (χ1n) is 2.79. The molecular formula is C6H9ClMg. The molecule has 0 radical (unpaired) electrons. The Morgan fingerprint density at radius 1 is 1.25 bits per heavy atom. The normalized spacial score (nSPS) is 25.5. The molecule has 8 heavy (non-hydrogen) atoms. The Hall–Kier alpha value is 1.06. The molecule has 0 saturated heterocycles. The van der Waals surface area contributed by atoms with Crippen LogP contribution in [0.25, 0.3) is 0 Å². The SMILES string of the molecule is C1CC2C[C-]1C2.[Cl-].[Mg+2]. The maximum Gasteiger partial charge on any atom is 2.00 e. The van der Waals surface area contributed by atoms with Gasteiger partial charge < -0.3 is 18.3 Å². The number of fused-ring (bicyclic) bond motifs is 1. The van der Waals surface area contributed by atoms with Crippen LogP contribution in [-0.4, -0.2) is 23.1 Å². The maximum absolute atomic E-state index is 1.85. The van der Waals surface area contributed by atoms with Crippen molar-refractivity contribution < 1.29 is 12.4 Å². The molecule has 2 bridgehead atoms. The van der Waals surface area contributed by atoms with Crippen molar-refractivity contribution in [2.45, 2.75) is 25.7 Å². The summed E-state index contributed by atoms with van der Waals surface area (Å²) in [5, 5.41) is 0. The van der Waals surface area contributed by atoms with Crippen molar-refractivity contribution in [3.8, 4) is 0 Å². The van der Waals surface area contributed by atoms with Crippen molar-refractivity contribution in [1.82, 2.24) is 0 Å². The van der Waals surface area contributed by atoms with E-state index in [1.165, 1.54) is 25.7 Å². The fourth-order valence-electron chi connectivity index (χ4n) is 1.57. The van der Waals surface area contributed by atoms with E-state index in [-0.39, 0.29) is 35.5 Å². The summed E-state index contributed by atoms with van der Waals surface area (Å²) in [5.74, 6) is 3.00. The van der Waals surface area contributed by atoms with Gasteiger partial charge >= 0.3 is 23.1 Å². The topological polar surface area (TPSA) is 0 Å². The van der Waals surface area contributed by atoms with Gasteiger partial charge in [-0.2, -0.15) is 19.3 Å². The Morgan fingerprint density at radius 3 is 2.00 bits per heavy atom. The quantitative estimate of drug-likeness (QED) is 0.281.